The standard InChI is InChI=1S/C19H27N5O/c1-11-7-13(24-23-11)16(25)21-14-8-19(5,6)9-15-12(14)10-20-17(22-15)18(2,3)4/h7,10,14H,8-9H2,1-6H3,(H,21,25)(H,23,24)/t14-/m0/s1. The molecule has 0 aliphatic heterocycles. The molecule has 0 saturated heterocycles. The van der Waals surface area contributed by atoms with Crippen LogP contribution < -0.4 is 5.32 Å². The normalized spacial score (nSPS) is 19.4. The summed E-state index contributed by atoms with van der Waals surface area (Å²) in [5, 5.41) is 9.98. The highest BCUT2D eigenvalue weighted by atomic mass is 16.2. The predicted molar refractivity (Wildman–Crippen MR) is 96.4 cm³/mol. The van der Waals surface area contributed by atoms with Crippen LogP contribution >= 0.6 is 0 Å². The summed E-state index contributed by atoms with van der Waals surface area (Å²) in [6, 6.07) is 1.65. The Labute approximate surface area is 148 Å². The van der Waals surface area contributed by atoms with Crippen LogP contribution in [0.15, 0.2) is 12.3 Å². The second kappa shape index (κ2) is 5.93. The number of hydrogen-bond acceptors (Lipinski definition) is 4. The van der Waals surface area contributed by atoms with Crippen LogP contribution in [0.1, 0.15) is 80.3 Å². The molecule has 6 nitrogen and oxygen atoms in total. The van der Waals surface area contributed by atoms with E-state index in [1.807, 2.05) is 13.1 Å². The number of aryl methyl sites for hydroxylation is 1. The van der Waals surface area contributed by atoms with E-state index in [2.05, 4.69) is 55.1 Å². The van der Waals surface area contributed by atoms with Crippen LogP contribution in [0.3, 0.4) is 0 Å². The summed E-state index contributed by atoms with van der Waals surface area (Å²) in [6.45, 7) is 12.6. The van der Waals surface area contributed by atoms with E-state index in [1.54, 1.807) is 6.07 Å². The third-order valence-electron chi connectivity index (χ3n) is 4.59. The molecular weight excluding hydrogens is 314 g/mol. The Morgan fingerprint density at radius 3 is 2.68 bits per heavy atom. The van der Waals surface area contributed by atoms with Gasteiger partial charge in [-0.15, -0.1) is 0 Å². The van der Waals surface area contributed by atoms with E-state index in [9.17, 15) is 4.79 Å². The molecule has 1 aliphatic carbocycles. The van der Waals surface area contributed by atoms with Gasteiger partial charge in [-0.05, 0) is 31.2 Å². The third-order valence-corrected chi connectivity index (χ3v) is 4.59. The van der Waals surface area contributed by atoms with Crippen LogP contribution in [0.4, 0.5) is 0 Å². The molecular formula is C19H27N5O. The van der Waals surface area contributed by atoms with Gasteiger partial charge in [0.15, 0.2) is 0 Å². The number of H-pyrrole nitrogens is 1. The largest absolute Gasteiger partial charge is 0.344 e. The molecule has 2 aromatic heterocycles. The van der Waals surface area contributed by atoms with E-state index in [4.69, 9.17) is 4.98 Å². The van der Waals surface area contributed by atoms with Crippen molar-refractivity contribution in [2.24, 2.45) is 5.41 Å². The fourth-order valence-corrected chi connectivity index (χ4v) is 3.30. The molecule has 0 saturated carbocycles. The minimum absolute atomic E-state index is 0.0654. The first kappa shape index (κ1) is 17.6. The first-order valence-corrected chi connectivity index (χ1v) is 8.74. The quantitative estimate of drug-likeness (QED) is 0.878. The maximum Gasteiger partial charge on any atom is 0.272 e. The molecule has 6 heteroatoms. The molecule has 1 atom stereocenters. The van der Waals surface area contributed by atoms with Crippen molar-refractivity contribution in [3.05, 3.63) is 40.7 Å². The summed E-state index contributed by atoms with van der Waals surface area (Å²) in [6.07, 6.45) is 3.63. The van der Waals surface area contributed by atoms with E-state index >= 15 is 0 Å². The van der Waals surface area contributed by atoms with E-state index in [0.29, 0.717) is 5.69 Å². The molecule has 2 aromatic rings. The van der Waals surface area contributed by atoms with Crippen molar-refractivity contribution in [2.75, 3.05) is 0 Å². The Hall–Kier alpha value is -2.24. The van der Waals surface area contributed by atoms with E-state index in [1.165, 1.54) is 0 Å². The third kappa shape index (κ3) is 3.72. The molecule has 0 aromatic carbocycles. The topological polar surface area (TPSA) is 83.6 Å². The molecule has 134 valence electrons. The summed E-state index contributed by atoms with van der Waals surface area (Å²) in [7, 11) is 0. The maximum absolute atomic E-state index is 12.5. The monoisotopic (exact) mass is 341 g/mol. The number of amides is 1. The molecule has 0 spiro atoms. The number of fused-ring (bicyclic) bond motifs is 1. The van der Waals surface area contributed by atoms with Crippen molar-refractivity contribution in [2.45, 2.75) is 65.8 Å². The summed E-state index contributed by atoms with van der Waals surface area (Å²) in [5.74, 6) is 0.676. The van der Waals surface area contributed by atoms with Crippen LogP contribution in [0.5, 0.6) is 0 Å². The minimum Gasteiger partial charge on any atom is -0.344 e. The Bertz CT molecular complexity index is 800. The second-order valence-corrected chi connectivity index (χ2v) is 8.85. The fourth-order valence-electron chi connectivity index (χ4n) is 3.30. The predicted octanol–water partition coefficient (Wildman–Crippen LogP) is 3.25. The van der Waals surface area contributed by atoms with Gasteiger partial charge in [0.1, 0.15) is 11.5 Å². The molecule has 3 rings (SSSR count). The van der Waals surface area contributed by atoms with Gasteiger partial charge in [0, 0.05) is 28.6 Å². The number of hydrogen-bond donors (Lipinski definition) is 2. The number of nitrogens with one attached hydrogen (secondary N) is 2. The lowest BCUT2D eigenvalue weighted by Gasteiger charge is -2.37. The molecule has 2 heterocycles. The van der Waals surface area contributed by atoms with Gasteiger partial charge < -0.3 is 5.32 Å². The van der Waals surface area contributed by atoms with E-state index < -0.39 is 0 Å². The van der Waals surface area contributed by atoms with Gasteiger partial charge >= 0.3 is 0 Å². The molecule has 0 fully saturated rings. The molecule has 0 unspecified atom stereocenters. The zero-order valence-corrected chi connectivity index (χ0v) is 15.9. The summed E-state index contributed by atoms with van der Waals surface area (Å²) in [5.41, 5.74) is 3.31. The average Bonchev–Trinajstić information content (AvgIpc) is 2.91. The number of carbonyl (C=O) groups is 1. The summed E-state index contributed by atoms with van der Waals surface area (Å²) >= 11 is 0. The van der Waals surface area contributed by atoms with Gasteiger partial charge in [0.05, 0.1) is 6.04 Å². The second-order valence-electron chi connectivity index (χ2n) is 8.85. The minimum atomic E-state index is -0.169. The Kier molecular flexibility index (Phi) is 4.17. The van der Waals surface area contributed by atoms with Crippen molar-refractivity contribution >= 4 is 5.91 Å². The average molecular weight is 341 g/mol. The van der Waals surface area contributed by atoms with Crippen molar-refractivity contribution in [3.8, 4) is 0 Å². The zero-order chi connectivity index (χ0) is 18.4. The van der Waals surface area contributed by atoms with Crippen LogP contribution in [-0.2, 0) is 11.8 Å². The van der Waals surface area contributed by atoms with Gasteiger partial charge in [-0.3, -0.25) is 9.89 Å². The summed E-state index contributed by atoms with van der Waals surface area (Å²) in [4.78, 5) is 21.9. The molecule has 2 N–H and O–H groups in total. The highest BCUT2D eigenvalue weighted by Crippen LogP contribution is 2.40. The number of aromatic amines is 1. The highest BCUT2D eigenvalue weighted by molar-refractivity contribution is 5.92. The highest BCUT2D eigenvalue weighted by Gasteiger charge is 2.35. The zero-order valence-electron chi connectivity index (χ0n) is 15.9. The molecule has 0 bridgehead atoms. The maximum atomic E-state index is 12.5. The lowest BCUT2D eigenvalue weighted by Crippen LogP contribution is -2.37. The van der Waals surface area contributed by atoms with Crippen molar-refractivity contribution in [3.63, 3.8) is 0 Å². The number of rotatable bonds is 2. The van der Waals surface area contributed by atoms with Crippen LogP contribution in [0.25, 0.3) is 0 Å². The SMILES string of the molecule is Cc1cc(C(=O)N[C@H]2CC(C)(C)Cc3nc(C(C)(C)C)ncc32)n[nH]1. The van der Waals surface area contributed by atoms with Crippen molar-refractivity contribution in [1.82, 2.24) is 25.5 Å². The van der Waals surface area contributed by atoms with Gasteiger partial charge in [0.2, 0.25) is 0 Å². The van der Waals surface area contributed by atoms with Crippen LogP contribution in [-0.4, -0.2) is 26.1 Å². The number of nitrogens with zero attached hydrogens (tertiary/aromatic N) is 3. The van der Waals surface area contributed by atoms with Gasteiger partial charge in [-0.25, -0.2) is 9.97 Å². The van der Waals surface area contributed by atoms with Gasteiger partial charge in [0.25, 0.3) is 5.91 Å². The van der Waals surface area contributed by atoms with E-state index in [0.717, 1.165) is 35.6 Å². The van der Waals surface area contributed by atoms with Crippen LogP contribution in [0.2, 0.25) is 0 Å². The van der Waals surface area contributed by atoms with Crippen LogP contribution in [0, 0.1) is 12.3 Å². The van der Waals surface area contributed by atoms with E-state index in [-0.39, 0.29) is 22.8 Å². The molecule has 1 aliphatic rings. The number of aromatic nitrogens is 4. The first-order valence-electron chi connectivity index (χ1n) is 8.74. The van der Waals surface area contributed by atoms with Crippen molar-refractivity contribution < 1.29 is 4.79 Å². The lowest BCUT2D eigenvalue weighted by atomic mass is 9.74. The molecule has 0 radical (unpaired) electrons. The van der Waals surface area contributed by atoms with Crippen molar-refractivity contribution in [1.29, 1.82) is 0 Å². The molecule has 1 amide bonds. The summed E-state index contributed by atoms with van der Waals surface area (Å²) < 4.78 is 0. The Morgan fingerprint density at radius 1 is 1.36 bits per heavy atom. The first-order chi connectivity index (χ1) is 11.5. The molecule has 25 heavy (non-hydrogen) atoms. The lowest BCUT2D eigenvalue weighted by molar-refractivity contribution is 0.0913. The number of carbonyl (C=O) groups excluding carboxylic acids is 1. The smallest absolute Gasteiger partial charge is 0.272 e. The Morgan fingerprint density at radius 2 is 2.08 bits per heavy atom. The van der Waals surface area contributed by atoms with Gasteiger partial charge in [-0.1, -0.05) is 34.6 Å². The fraction of sp³-hybridized carbons (Fsp3) is 0.579. The Balaban J connectivity index is 1.92. The van der Waals surface area contributed by atoms with Gasteiger partial charge in [-0.2, -0.15) is 5.10 Å².